The molecule has 0 bridgehead atoms. The lowest BCUT2D eigenvalue weighted by molar-refractivity contribution is 0.0904. The molecule has 21 heteroatoms. The van der Waals surface area contributed by atoms with Crippen LogP contribution in [0.1, 0.15) is 278 Å². The van der Waals surface area contributed by atoms with Crippen molar-refractivity contribution < 1.29 is 60.3 Å². The lowest BCUT2D eigenvalue weighted by Crippen LogP contribution is -2.33. The Morgan fingerprint density at radius 1 is 0.521 bits per heavy atom. The third kappa shape index (κ3) is 127. The van der Waals surface area contributed by atoms with E-state index in [-0.39, 0.29) is 31.8 Å². The minimum atomic E-state index is -3.25. The van der Waals surface area contributed by atoms with Gasteiger partial charge in [0.25, 0.3) is 0 Å². The molecule has 4 unspecified atom stereocenters. The van der Waals surface area contributed by atoms with Gasteiger partial charge >= 0.3 is 0 Å². The maximum absolute atomic E-state index is 10.9. The van der Waals surface area contributed by atoms with Gasteiger partial charge in [0.2, 0.25) is 30.1 Å². The van der Waals surface area contributed by atoms with Crippen molar-refractivity contribution in [2.24, 2.45) is 22.7 Å². The zero-order valence-corrected chi connectivity index (χ0v) is 68.6. The number of likely N-dealkylation sites (N-methyl/N-ethyl adjacent to an activating group) is 1. The molecule has 0 fully saturated rings. The van der Waals surface area contributed by atoms with Crippen LogP contribution in [-0.4, -0.2) is 198 Å². The van der Waals surface area contributed by atoms with Crippen molar-refractivity contribution in [2.75, 3.05) is 119 Å². The molecule has 8 N–H and O–H groups in total. The number of methoxy groups -OCH3 is 1. The zero-order valence-electron chi connectivity index (χ0n) is 66.1. The van der Waals surface area contributed by atoms with Crippen molar-refractivity contribution in [2.45, 2.75) is 297 Å². The summed E-state index contributed by atoms with van der Waals surface area (Å²) in [5, 5.41) is 41.7. The van der Waals surface area contributed by atoms with Crippen molar-refractivity contribution in [1.82, 2.24) is 24.0 Å². The highest BCUT2D eigenvalue weighted by atomic mass is 32.2. The molecular formula is C73H163N5O13S3. The molecule has 18 nitrogen and oxygen atoms in total. The van der Waals surface area contributed by atoms with Crippen LogP contribution < -0.4 is 14.2 Å². The van der Waals surface area contributed by atoms with E-state index in [9.17, 15) is 25.3 Å². The normalized spacial score (nSPS) is 12.5. The largest absolute Gasteiger partial charge is 0.396 e. The van der Waals surface area contributed by atoms with Gasteiger partial charge in [-0.2, -0.15) is 0 Å². The fourth-order valence-corrected chi connectivity index (χ4v) is 10.5. The summed E-state index contributed by atoms with van der Waals surface area (Å²) >= 11 is 0. The quantitative estimate of drug-likeness (QED) is 0.0283. The second-order valence-electron chi connectivity index (χ2n) is 27.4. The van der Waals surface area contributed by atoms with Crippen molar-refractivity contribution in [3.05, 3.63) is 35.9 Å². The highest BCUT2D eigenvalue weighted by molar-refractivity contribution is 7.89. The van der Waals surface area contributed by atoms with Crippen LogP contribution in [0.2, 0.25) is 0 Å². The molecule has 1 aromatic rings. The monoisotopic (exact) mass is 1410 g/mol. The van der Waals surface area contributed by atoms with Gasteiger partial charge in [-0.25, -0.2) is 39.4 Å². The lowest BCUT2D eigenvalue weighted by atomic mass is 9.75. The fourth-order valence-electron chi connectivity index (χ4n) is 8.28. The van der Waals surface area contributed by atoms with Gasteiger partial charge in [-0.15, -0.1) is 0 Å². The average Bonchev–Trinajstić information content (AvgIpc) is 1.09. The topological polar surface area (TPSA) is 265 Å². The zero-order chi connectivity index (χ0) is 74.9. The number of nitrogens with one attached hydrogen (secondary N) is 3. The first kappa shape index (κ1) is 111. The Balaban J connectivity index is -0.000000124. The number of rotatable bonds is 42. The Morgan fingerprint density at radius 3 is 1.36 bits per heavy atom. The van der Waals surface area contributed by atoms with E-state index < -0.39 is 42.8 Å². The summed E-state index contributed by atoms with van der Waals surface area (Å²) < 4.78 is 81.2. The summed E-state index contributed by atoms with van der Waals surface area (Å²) in [5.41, 5.74) is 2.25. The molecular weight excluding hydrogens is 1250 g/mol. The highest BCUT2D eigenvalue weighted by Gasteiger charge is 2.23. The van der Waals surface area contributed by atoms with Gasteiger partial charge in [0.1, 0.15) is 0 Å². The molecule has 0 aliphatic rings. The van der Waals surface area contributed by atoms with Gasteiger partial charge < -0.3 is 44.8 Å². The smallest absolute Gasteiger partial charge is 0.208 e. The van der Waals surface area contributed by atoms with Crippen molar-refractivity contribution >= 4 is 30.1 Å². The molecule has 0 saturated heterocycles. The summed E-state index contributed by atoms with van der Waals surface area (Å²) in [6.07, 6.45) is 31.5. The Bertz CT molecular complexity index is 1900. The molecule has 0 aliphatic carbocycles. The maximum atomic E-state index is 10.9. The minimum Gasteiger partial charge on any atom is -0.396 e. The Hall–Kier alpha value is -1.41. The van der Waals surface area contributed by atoms with Crippen LogP contribution in [0.5, 0.6) is 0 Å². The van der Waals surface area contributed by atoms with E-state index in [4.69, 9.17) is 35.0 Å². The molecule has 0 aliphatic heterocycles. The second-order valence-corrected chi connectivity index (χ2v) is 32.7. The van der Waals surface area contributed by atoms with Crippen LogP contribution in [0, 0.1) is 22.7 Å². The summed E-state index contributed by atoms with van der Waals surface area (Å²) in [4.78, 5) is 4.37. The third-order valence-corrected chi connectivity index (χ3v) is 16.0. The number of ether oxygens (including phenoxy) is 2. The predicted octanol–water partition coefficient (Wildman–Crippen LogP) is 14.5. The second kappa shape index (κ2) is 78.9. The van der Waals surface area contributed by atoms with Crippen molar-refractivity contribution in [3.63, 3.8) is 0 Å². The molecule has 4 atom stereocenters. The summed E-state index contributed by atoms with van der Waals surface area (Å²) in [5.74, 6) is 1.72. The summed E-state index contributed by atoms with van der Waals surface area (Å²) in [7, 11) is -1.35. The molecule has 94 heavy (non-hydrogen) atoms. The summed E-state index contributed by atoms with van der Waals surface area (Å²) in [6.45, 7) is 45.1. The number of aryl methyl sites for hydroxylation is 1. The number of benzene rings is 1. The van der Waals surface area contributed by atoms with Gasteiger partial charge in [0, 0.05) is 52.1 Å². The Morgan fingerprint density at radius 2 is 1.02 bits per heavy atom. The third-order valence-electron chi connectivity index (χ3n) is 13.6. The summed E-state index contributed by atoms with van der Waals surface area (Å²) in [6, 6.07) is 10.1. The SMILES string of the molecule is CC(C)CCCC(C)NS(C)(=O)=O.CC(CCc1ccccc1)NS(C)(=O)=O.CCC(C)(C)CC(C)(C)C.CCCCC(CC)CCC.CCCCCN(C)C.CCCCN(C)CCO.CCCCO.CCCCOC.CCCCOCCO.CS(=O)(=O)NCC(O)CO. The van der Waals surface area contributed by atoms with Gasteiger partial charge in [-0.05, 0) is 134 Å². The van der Waals surface area contributed by atoms with Crippen molar-refractivity contribution in [3.8, 4) is 0 Å². The predicted molar refractivity (Wildman–Crippen MR) is 410 cm³/mol. The first-order chi connectivity index (χ1) is 43.7. The Labute approximate surface area is 586 Å². The van der Waals surface area contributed by atoms with Crippen LogP contribution in [0.4, 0.5) is 0 Å². The highest BCUT2D eigenvalue weighted by Crippen LogP contribution is 2.35. The first-order valence-electron chi connectivity index (χ1n) is 36.1. The number of hydrogen-bond acceptors (Lipinski definition) is 15. The number of unbranched alkanes of at least 4 members (excludes halogenated alkanes) is 7. The number of aliphatic hydroxyl groups is 5. The van der Waals surface area contributed by atoms with E-state index in [1.165, 1.54) is 121 Å². The number of hydrogen-bond donors (Lipinski definition) is 8. The van der Waals surface area contributed by atoms with Gasteiger partial charge in [0.15, 0.2) is 0 Å². The molecule has 0 heterocycles. The van der Waals surface area contributed by atoms with Crippen LogP contribution in [-0.2, 0) is 46.0 Å². The molecule has 0 spiro atoms. The molecule has 0 aromatic heterocycles. The molecule has 1 aromatic carbocycles. The standard InChI is InChI=1S/C11H17NO2S.2C10H22.C9H21NO2S.C7H17NO.C7H17N.C6H14O2.C5H12O.C4H11NO4S.C4H10O/c1-10(12-15(2,13)14)8-9-11-6-4-3-5-7-11;1-7-10(5,6)8-9(2,3)4;1-4-7-9-10(6-3)8-5-2;1-8(2)6-5-7-9(3)10-13(4,11)12;1-3-4-5-8(2)6-7-9;1-4-5-6-7-8(2)3;1-2-3-5-8-6-4-7;1-3-4-5-6-2;1-10(8,9)5-2-4(7)3-6;1-2-3-4-5/h3-7,10,12H,8-9H2,1-2H3;7-8H2,1-6H3;10H,4-9H2,1-3H3;8-10H,5-7H2,1-4H3;9H,3-7H2,1-2H3;4-7H2,1-3H3;7H,2-6H2,1H3;3-5H2,1-2H3;4-7H,2-3H2,1H3;5H,2-4H2,1H3. The molecule has 1 rings (SSSR count). The molecule has 0 amide bonds. The van der Waals surface area contributed by atoms with Gasteiger partial charge in [-0.1, -0.05) is 237 Å². The molecule has 0 radical (unpaired) electrons. The number of aliphatic hydroxyl groups excluding tert-OH is 5. The molecule has 576 valence electrons. The van der Waals surface area contributed by atoms with E-state index in [1.807, 2.05) is 55.9 Å². The van der Waals surface area contributed by atoms with Crippen LogP contribution >= 0.6 is 0 Å². The Kier molecular flexibility index (Phi) is 93.3. The number of nitrogens with zero attached hydrogens (tertiary/aromatic N) is 2. The van der Waals surface area contributed by atoms with Gasteiger partial charge in [0.05, 0.1) is 51.3 Å². The first-order valence-corrected chi connectivity index (χ1v) is 41.8. The van der Waals surface area contributed by atoms with Crippen molar-refractivity contribution in [1.29, 1.82) is 0 Å². The van der Waals surface area contributed by atoms with Crippen LogP contribution in [0.3, 0.4) is 0 Å². The van der Waals surface area contributed by atoms with E-state index in [2.05, 4.69) is 144 Å². The van der Waals surface area contributed by atoms with E-state index in [1.54, 1.807) is 7.11 Å². The maximum Gasteiger partial charge on any atom is 0.208 e. The number of sulfonamides is 3. The van der Waals surface area contributed by atoms with E-state index in [0.717, 1.165) is 96.3 Å². The fraction of sp³-hybridized carbons (Fsp3) is 0.918. The van der Waals surface area contributed by atoms with E-state index in [0.29, 0.717) is 30.0 Å². The van der Waals surface area contributed by atoms with Crippen LogP contribution in [0.15, 0.2) is 30.3 Å². The van der Waals surface area contributed by atoms with E-state index >= 15 is 0 Å². The lowest BCUT2D eigenvalue weighted by Gasteiger charge is -2.31. The van der Waals surface area contributed by atoms with Gasteiger partial charge in [-0.3, -0.25) is 0 Å². The minimum absolute atomic E-state index is 0.0137. The van der Waals surface area contributed by atoms with Crippen LogP contribution in [0.25, 0.3) is 0 Å². The average molecular weight is 1420 g/mol. The molecule has 0 saturated carbocycles.